The molecule has 1 fully saturated rings. The summed E-state index contributed by atoms with van der Waals surface area (Å²) >= 11 is 0. The maximum atomic E-state index is 12.1. The molecule has 3 heterocycles. The van der Waals surface area contributed by atoms with Crippen LogP contribution in [0.15, 0.2) is 36.7 Å². The normalized spacial score (nSPS) is 19.5. The topological polar surface area (TPSA) is 59.8 Å². The lowest BCUT2D eigenvalue weighted by Crippen LogP contribution is -2.15. The lowest BCUT2D eigenvalue weighted by molar-refractivity contribution is -0.117. The standard InChI is InChI=1S/C19H20N4O/c1-11-5-4-6-20-18(11)15-8-13-9-17(21-10-16(13)23(15)3)22-19(24)14-7-12(14)2/h4-6,8-10,12,14H,7H2,1-3H3,(H,21,22,24). The molecular formula is C19H20N4O. The number of pyridine rings is 2. The van der Waals surface area contributed by atoms with Gasteiger partial charge in [0.15, 0.2) is 0 Å². The summed E-state index contributed by atoms with van der Waals surface area (Å²) in [6.07, 6.45) is 4.59. The first-order valence-electron chi connectivity index (χ1n) is 8.23. The number of hydrogen-bond donors (Lipinski definition) is 1. The van der Waals surface area contributed by atoms with Gasteiger partial charge in [0.1, 0.15) is 5.82 Å². The van der Waals surface area contributed by atoms with Crippen molar-refractivity contribution in [2.75, 3.05) is 5.32 Å². The molecule has 5 nitrogen and oxygen atoms in total. The van der Waals surface area contributed by atoms with Gasteiger partial charge in [-0.1, -0.05) is 13.0 Å². The van der Waals surface area contributed by atoms with E-state index in [9.17, 15) is 4.79 Å². The van der Waals surface area contributed by atoms with Crippen LogP contribution in [0.3, 0.4) is 0 Å². The van der Waals surface area contributed by atoms with Crippen LogP contribution >= 0.6 is 0 Å². The second-order valence-electron chi connectivity index (χ2n) is 6.69. The van der Waals surface area contributed by atoms with Crippen molar-refractivity contribution in [1.82, 2.24) is 14.5 Å². The maximum absolute atomic E-state index is 12.1. The van der Waals surface area contributed by atoms with E-state index in [1.807, 2.05) is 25.4 Å². The van der Waals surface area contributed by atoms with Crippen molar-refractivity contribution in [2.45, 2.75) is 20.3 Å². The zero-order valence-corrected chi connectivity index (χ0v) is 14.1. The molecule has 3 aromatic heterocycles. The molecule has 0 spiro atoms. The van der Waals surface area contributed by atoms with Crippen LogP contribution in [0.5, 0.6) is 0 Å². The Labute approximate surface area is 140 Å². The van der Waals surface area contributed by atoms with Gasteiger partial charge in [0.2, 0.25) is 5.91 Å². The molecule has 0 aliphatic heterocycles. The number of aryl methyl sites for hydroxylation is 2. The van der Waals surface area contributed by atoms with Gasteiger partial charge in [-0.25, -0.2) is 4.98 Å². The molecule has 1 aliphatic carbocycles. The van der Waals surface area contributed by atoms with E-state index in [1.54, 1.807) is 6.20 Å². The molecule has 0 radical (unpaired) electrons. The summed E-state index contributed by atoms with van der Waals surface area (Å²) < 4.78 is 2.09. The average molecular weight is 320 g/mol. The quantitative estimate of drug-likeness (QED) is 0.803. The Balaban J connectivity index is 1.70. The van der Waals surface area contributed by atoms with Crippen LogP contribution in [-0.2, 0) is 11.8 Å². The fraction of sp³-hybridized carbons (Fsp3) is 0.316. The van der Waals surface area contributed by atoms with E-state index in [0.29, 0.717) is 11.7 Å². The molecule has 1 saturated carbocycles. The fourth-order valence-corrected chi connectivity index (χ4v) is 3.19. The predicted molar refractivity (Wildman–Crippen MR) is 94.6 cm³/mol. The number of fused-ring (bicyclic) bond motifs is 1. The van der Waals surface area contributed by atoms with Crippen molar-refractivity contribution in [3.63, 3.8) is 0 Å². The minimum absolute atomic E-state index is 0.0751. The molecule has 3 aromatic rings. The van der Waals surface area contributed by atoms with Crippen molar-refractivity contribution in [3.8, 4) is 11.4 Å². The zero-order chi connectivity index (χ0) is 16.8. The van der Waals surface area contributed by atoms with E-state index in [1.165, 1.54) is 0 Å². The summed E-state index contributed by atoms with van der Waals surface area (Å²) in [5.74, 6) is 1.32. The number of anilines is 1. The molecule has 2 atom stereocenters. The highest BCUT2D eigenvalue weighted by Gasteiger charge is 2.39. The van der Waals surface area contributed by atoms with E-state index >= 15 is 0 Å². The van der Waals surface area contributed by atoms with E-state index in [4.69, 9.17) is 0 Å². The summed E-state index contributed by atoms with van der Waals surface area (Å²) in [6, 6.07) is 8.03. The van der Waals surface area contributed by atoms with Crippen molar-refractivity contribution in [1.29, 1.82) is 0 Å². The van der Waals surface area contributed by atoms with E-state index < -0.39 is 0 Å². The second-order valence-corrected chi connectivity index (χ2v) is 6.69. The fourth-order valence-electron chi connectivity index (χ4n) is 3.19. The molecule has 1 N–H and O–H groups in total. The summed E-state index contributed by atoms with van der Waals surface area (Å²) in [5, 5.41) is 3.98. The minimum atomic E-state index is 0.0751. The largest absolute Gasteiger partial charge is 0.341 e. The summed E-state index contributed by atoms with van der Waals surface area (Å²) in [7, 11) is 2.01. The monoisotopic (exact) mass is 320 g/mol. The van der Waals surface area contributed by atoms with Crippen LogP contribution in [0.4, 0.5) is 5.82 Å². The van der Waals surface area contributed by atoms with Gasteiger partial charge in [-0.3, -0.25) is 9.78 Å². The molecule has 5 heteroatoms. The van der Waals surface area contributed by atoms with Crippen LogP contribution in [0, 0.1) is 18.8 Å². The van der Waals surface area contributed by atoms with Gasteiger partial charge < -0.3 is 9.88 Å². The van der Waals surface area contributed by atoms with Gasteiger partial charge in [-0.05, 0) is 43.0 Å². The van der Waals surface area contributed by atoms with Crippen LogP contribution < -0.4 is 5.32 Å². The Morgan fingerprint density at radius 3 is 2.83 bits per heavy atom. The van der Waals surface area contributed by atoms with Gasteiger partial charge in [0.25, 0.3) is 0 Å². The van der Waals surface area contributed by atoms with Crippen molar-refractivity contribution >= 4 is 22.6 Å². The number of aromatic nitrogens is 3. The molecule has 0 bridgehead atoms. The highest BCUT2D eigenvalue weighted by Crippen LogP contribution is 2.38. The Bertz CT molecular complexity index is 944. The lowest BCUT2D eigenvalue weighted by Gasteiger charge is -2.06. The van der Waals surface area contributed by atoms with Gasteiger partial charge >= 0.3 is 0 Å². The number of rotatable bonds is 3. The number of amides is 1. The number of hydrogen-bond acceptors (Lipinski definition) is 3. The van der Waals surface area contributed by atoms with Crippen LogP contribution in [0.25, 0.3) is 22.3 Å². The third-order valence-corrected chi connectivity index (χ3v) is 4.88. The van der Waals surface area contributed by atoms with Gasteiger partial charge in [-0.15, -0.1) is 0 Å². The lowest BCUT2D eigenvalue weighted by atomic mass is 10.1. The SMILES string of the molecule is Cc1cccnc1-c1cc2cc(NC(=O)C3CC3C)ncc2n1C. The average Bonchev–Trinajstić information content (AvgIpc) is 3.21. The maximum Gasteiger partial charge on any atom is 0.228 e. The van der Waals surface area contributed by atoms with Gasteiger partial charge in [0, 0.05) is 24.5 Å². The van der Waals surface area contributed by atoms with Crippen LogP contribution in [0.2, 0.25) is 0 Å². The molecule has 0 aromatic carbocycles. The molecule has 122 valence electrons. The van der Waals surface area contributed by atoms with Crippen LogP contribution in [-0.4, -0.2) is 20.4 Å². The molecule has 4 rings (SSSR count). The van der Waals surface area contributed by atoms with E-state index in [-0.39, 0.29) is 11.8 Å². The molecule has 24 heavy (non-hydrogen) atoms. The zero-order valence-electron chi connectivity index (χ0n) is 14.1. The highest BCUT2D eigenvalue weighted by atomic mass is 16.2. The first kappa shape index (κ1) is 14.9. The number of nitrogens with zero attached hydrogens (tertiary/aromatic N) is 3. The van der Waals surface area contributed by atoms with Gasteiger partial charge in [0.05, 0.1) is 23.1 Å². The van der Waals surface area contributed by atoms with E-state index in [2.05, 4.69) is 45.8 Å². The first-order chi connectivity index (χ1) is 11.5. The molecule has 1 aliphatic rings. The number of carbonyl (C=O) groups excluding carboxylic acids is 1. The summed E-state index contributed by atoms with van der Waals surface area (Å²) in [6.45, 7) is 4.15. The highest BCUT2D eigenvalue weighted by molar-refractivity contribution is 5.96. The Morgan fingerprint density at radius 1 is 1.33 bits per heavy atom. The van der Waals surface area contributed by atoms with Crippen molar-refractivity contribution in [2.24, 2.45) is 18.9 Å². The number of nitrogens with one attached hydrogen (secondary N) is 1. The third kappa shape index (κ3) is 2.46. The molecule has 1 amide bonds. The summed E-state index contributed by atoms with van der Waals surface area (Å²) in [4.78, 5) is 21.0. The van der Waals surface area contributed by atoms with Gasteiger partial charge in [-0.2, -0.15) is 0 Å². The Hall–Kier alpha value is -2.69. The Morgan fingerprint density at radius 2 is 2.12 bits per heavy atom. The minimum Gasteiger partial charge on any atom is -0.341 e. The van der Waals surface area contributed by atoms with E-state index in [0.717, 1.165) is 34.3 Å². The summed E-state index contributed by atoms with van der Waals surface area (Å²) in [5.41, 5.74) is 4.17. The second kappa shape index (κ2) is 5.44. The molecular weight excluding hydrogens is 300 g/mol. The van der Waals surface area contributed by atoms with Crippen molar-refractivity contribution in [3.05, 3.63) is 42.2 Å². The van der Waals surface area contributed by atoms with Crippen LogP contribution in [0.1, 0.15) is 18.9 Å². The predicted octanol–water partition coefficient (Wildman–Crippen LogP) is 3.54. The Kier molecular flexibility index (Phi) is 3.37. The smallest absolute Gasteiger partial charge is 0.228 e. The third-order valence-electron chi connectivity index (χ3n) is 4.88. The first-order valence-corrected chi connectivity index (χ1v) is 8.23. The molecule has 2 unspecified atom stereocenters. The van der Waals surface area contributed by atoms with Crippen molar-refractivity contribution < 1.29 is 4.79 Å². The number of carbonyl (C=O) groups is 1. The molecule has 0 saturated heterocycles.